The Morgan fingerprint density at radius 2 is 2.07 bits per heavy atom. The number of carbonyl (C=O) groups excluding carboxylic acids is 1. The van der Waals surface area contributed by atoms with Crippen molar-refractivity contribution in [3.05, 3.63) is 45.8 Å². The molecule has 3 heterocycles. The van der Waals surface area contributed by atoms with Crippen LogP contribution in [0.5, 0.6) is 0 Å². The van der Waals surface area contributed by atoms with Gasteiger partial charge < -0.3 is 15.4 Å². The van der Waals surface area contributed by atoms with Crippen LogP contribution in [-0.2, 0) is 24.3 Å². The molecule has 0 saturated carbocycles. The van der Waals surface area contributed by atoms with Crippen molar-refractivity contribution >= 4 is 28.8 Å². The van der Waals surface area contributed by atoms with Crippen molar-refractivity contribution in [2.75, 3.05) is 24.7 Å². The molecule has 1 aliphatic rings. The Morgan fingerprint density at radius 1 is 1.25 bits per heavy atom. The lowest BCUT2D eigenvalue weighted by Gasteiger charge is -2.11. The van der Waals surface area contributed by atoms with Crippen molar-refractivity contribution in [3.63, 3.8) is 0 Å². The highest BCUT2D eigenvalue weighted by atomic mass is 16.5. The van der Waals surface area contributed by atoms with Crippen molar-refractivity contribution in [1.29, 1.82) is 0 Å². The summed E-state index contributed by atoms with van der Waals surface area (Å²) < 4.78 is 6.99. The first-order valence-corrected chi connectivity index (χ1v) is 8.81. The number of fused-ring (bicyclic) bond motifs is 2. The van der Waals surface area contributed by atoms with E-state index in [0.29, 0.717) is 29.0 Å². The summed E-state index contributed by atoms with van der Waals surface area (Å²) in [4.78, 5) is 43.3. The Labute approximate surface area is 160 Å². The van der Waals surface area contributed by atoms with Crippen molar-refractivity contribution in [1.82, 2.24) is 24.5 Å². The van der Waals surface area contributed by atoms with E-state index in [9.17, 15) is 9.59 Å². The van der Waals surface area contributed by atoms with Crippen LogP contribution in [-0.4, -0.2) is 44.6 Å². The van der Waals surface area contributed by atoms with Crippen LogP contribution in [0.1, 0.15) is 28.4 Å². The Morgan fingerprint density at radius 3 is 2.86 bits per heavy atom. The number of nitrogen functional groups attached to an aromatic ring is 1. The number of benzene rings is 1. The van der Waals surface area contributed by atoms with E-state index in [-0.39, 0.29) is 23.9 Å². The second-order valence-corrected chi connectivity index (χ2v) is 6.70. The number of esters is 1. The van der Waals surface area contributed by atoms with E-state index >= 15 is 0 Å². The number of ether oxygens (including phenoxy) is 1. The standard InChI is InChI=1S/C18H19N7O3/c1-24(2)18-22-13(21-17(19)23-18)9-28-16(27)10-5-6-11-12(8-10)20-14-4-3-7-25(14)15(11)26/h5-6,8H,3-4,7,9H2,1-2H3,(H2,19,21,22,23). The molecule has 0 radical (unpaired) electrons. The summed E-state index contributed by atoms with van der Waals surface area (Å²) in [6, 6.07) is 4.74. The van der Waals surface area contributed by atoms with Gasteiger partial charge in [-0.1, -0.05) is 0 Å². The summed E-state index contributed by atoms with van der Waals surface area (Å²) >= 11 is 0. The van der Waals surface area contributed by atoms with Gasteiger partial charge in [-0.15, -0.1) is 0 Å². The first-order chi connectivity index (χ1) is 13.4. The molecule has 0 amide bonds. The van der Waals surface area contributed by atoms with Gasteiger partial charge in [0.05, 0.1) is 16.5 Å². The summed E-state index contributed by atoms with van der Waals surface area (Å²) in [5.74, 6) is 0.867. The molecule has 28 heavy (non-hydrogen) atoms. The number of carbonyl (C=O) groups is 1. The number of nitrogens with two attached hydrogens (primary N) is 1. The maximum absolute atomic E-state index is 12.5. The minimum absolute atomic E-state index is 0.0500. The molecule has 1 aliphatic heterocycles. The lowest BCUT2D eigenvalue weighted by molar-refractivity contribution is 0.0462. The van der Waals surface area contributed by atoms with Crippen molar-refractivity contribution in [2.24, 2.45) is 0 Å². The van der Waals surface area contributed by atoms with Crippen molar-refractivity contribution < 1.29 is 9.53 Å². The van der Waals surface area contributed by atoms with Crippen LogP contribution in [0.4, 0.5) is 11.9 Å². The fourth-order valence-electron chi connectivity index (χ4n) is 3.11. The van der Waals surface area contributed by atoms with Gasteiger partial charge in [-0.25, -0.2) is 9.78 Å². The van der Waals surface area contributed by atoms with Gasteiger partial charge >= 0.3 is 5.97 Å². The van der Waals surface area contributed by atoms with Crippen LogP contribution in [0.25, 0.3) is 10.9 Å². The zero-order valence-electron chi connectivity index (χ0n) is 15.5. The molecular formula is C18H19N7O3. The highest BCUT2D eigenvalue weighted by molar-refractivity contribution is 5.94. The molecule has 10 nitrogen and oxygen atoms in total. The molecule has 0 saturated heterocycles. The van der Waals surface area contributed by atoms with Gasteiger partial charge in [0.25, 0.3) is 5.56 Å². The Bertz CT molecular complexity index is 1140. The van der Waals surface area contributed by atoms with E-state index in [2.05, 4.69) is 19.9 Å². The van der Waals surface area contributed by atoms with Crippen molar-refractivity contribution in [2.45, 2.75) is 26.0 Å². The van der Waals surface area contributed by atoms with E-state index in [0.717, 1.165) is 18.7 Å². The van der Waals surface area contributed by atoms with Crippen LogP contribution in [0, 0.1) is 0 Å². The third-order valence-electron chi connectivity index (χ3n) is 4.47. The van der Waals surface area contributed by atoms with Crippen LogP contribution < -0.4 is 16.2 Å². The van der Waals surface area contributed by atoms with Gasteiger partial charge in [0.2, 0.25) is 11.9 Å². The molecule has 0 unspecified atom stereocenters. The number of rotatable bonds is 4. The molecule has 0 fully saturated rings. The molecule has 2 aromatic heterocycles. The van der Waals surface area contributed by atoms with Gasteiger partial charge in [-0.05, 0) is 24.6 Å². The number of hydrogen-bond acceptors (Lipinski definition) is 9. The van der Waals surface area contributed by atoms with E-state index in [1.165, 1.54) is 0 Å². The molecule has 3 aromatic rings. The lowest BCUT2D eigenvalue weighted by atomic mass is 10.1. The highest BCUT2D eigenvalue weighted by Crippen LogP contribution is 2.17. The van der Waals surface area contributed by atoms with Crippen LogP contribution in [0.2, 0.25) is 0 Å². The molecule has 0 spiro atoms. The molecule has 10 heteroatoms. The monoisotopic (exact) mass is 381 g/mol. The summed E-state index contributed by atoms with van der Waals surface area (Å²) in [5, 5.41) is 0.489. The summed E-state index contributed by atoms with van der Waals surface area (Å²) in [6.45, 7) is 0.537. The van der Waals surface area contributed by atoms with Crippen LogP contribution in [0.15, 0.2) is 23.0 Å². The van der Waals surface area contributed by atoms with Crippen LogP contribution >= 0.6 is 0 Å². The minimum Gasteiger partial charge on any atom is -0.454 e. The highest BCUT2D eigenvalue weighted by Gasteiger charge is 2.18. The zero-order chi connectivity index (χ0) is 19.8. The molecule has 0 atom stereocenters. The summed E-state index contributed by atoms with van der Waals surface area (Å²) in [5.41, 5.74) is 6.39. The Kier molecular flexibility index (Phi) is 4.38. The predicted octanol–water partition coefficient (Wildman–Crippen LogP) is 0.533. The predicted molar refractivity (Wildman–Crippen MR) is 102 cm³/mol. The van der Waals surface area contributed by atoms with Gasteiger partial charge in [0.1, 0.15) is 5.82 Å². The van der Waals surface area contributed by atoms with E-state index in [4.69, 9.17) is 10.5 Å². The average molecular weight is 381 g/mol. The average Bonchev–Trinajstić information content (AvgIpc) is 3.14. The molecular weight excluding hydrogens is 362 g/mol. The van der Waals surface area contributed by atoms with E-state index in [1.807, 2.05) is 0 Å². The number of anilines is 2. The normalized spacial score (nSPS) is 12.8. The Hall–Kier alpha value is -3.56. The largest absolute Gasteiger partial charge is 0.454 e. The molecule has 4 rings (SSSR count). The molecule has 144 valence electrons. The fraction of sp³-hybridized carbons (Fsp3) is 0.333. The SMILES string of the molecule is CN(C)c1nc(N)nc(COC(=O)c2ccc3c(=O)n4c(nc3c2)CCC4)n1. The fourth-order valence-corrected chi connectivity index (χ4v) is 3.11. The first-order valence-electron chi connectivity index (χ1n) is 8.81. The van der Waals surface area contributed by atoms with E-state index in [1.54, 1.807) is 41.8 Å². The molecule has 1 aromatic carbocycles. The second-order valence-electron chi connectivity index (χ2n) is 6.70. The number of hydrogen-bond donors (Lipinski definition) is 1. The van der Waals surface area contributed by atoms with Gasteiger partial charge in [-0.2, -0.15) is 15.0 Å². The van der Waals surface area contributed by atoms with Gasteiger partial charge in [-0.3, -0.25) is 9.36 Å². The first kappa shape index (κ1) is 17.8. The van der Waals surface area contributed by atoms with Crippen molar-refractivity contribution in [3.8, 4) is 0 Å². The zero-order valence-corrected chi connectivity index (χ0v) is 15.5. The summed E-state index contributed by atoms with van der Waals surface area (Å²) in [6.07, 6.45) is 1.66. The maximum atomic E-state index is 12.5. The third kappa shape index (κ3) is 3.24. The molecule has 0 aliphatic carbocycles. The third-order valence-corrected chi connectivity index (χ3v) is 4.47. The lowest BCUT2D eigenvalue weighted by Crippen LogP contribution is -2.21. The minimum atomic E-state index is -0.560. The number of nitrogens with zero attached hydrogens (tertiary/aromatic N) is 6. The number of aryl methyl sites for hydroxylation is 1. The second kappa shape index (κ2) is 6.87. The number of aromatic nitrogens is 5. The smallest absolute Gasteiger partial charge is 0.338 e. The van der Waals surface area contributed by atoms with Crippen LogP contribution in [0.3, 0.4) is 0 Å². The topological polar surface area (TPSA) is 129 Å². The van der Waals surface area contributed by atoms with Gasteiger partial charge in [0, 0.05) is 27.1 Å². The van der Waals surface area contributed by atoms with Gasteiger partial charge in [0.15, 0.2) is 12.4 Å². The molecule has 2 N–H and O–H groups in total. The maximum Gasteiger partial charge on any atom is 0.338 e. The summed E-state index contributed by atoms with van der Waals surface area (Å²) in [7, 11) is 3.54. The Balaban J connectivity index is 1.56. The quantitative estimate of drug-likeness (QED) is 0.643. The molecule has 0 bridgehead atoms. The van der Waals surface area contributed by atoms with E-state index < -0.39 is 5.97 Å².